The zero-order chi connectivity index (χ0) is 12.1. The van der Waals surface area contributed by atoms with Crippen molar-refractivity contribution in [3.05, 3.63) is 25.3 Å². The number of carbonyl (C=O) groups is 2. The smallest absolute Gasteiger partial charge is 0.330 e. The van der Waals surface area contributed by atoms with E-state index in [2.05, 4.69) is 22.6 Å². The van der Waals surface area contributed by atoms with Crippen LogP contribution in [0.1, 0.15) is 6.42 Å². The largest absolute Gasteiger partial charge is 0.466 e. The monoisotopic (exact) mass is 216 g/mol. The van der Waals surface area contributed by atoms with Crippen molar-refractivity contribution < 1.29 is 24.2 Å². The zero-order valence-corrected chi connectivity index (χ0v) is 8.77. The summed E-state index contributed by atoms with van der Waals surface area (Å²) < 4.78 is 8.66. The first-order valence-electron chi connectivity index (χ1n) is 4.22. The van der Waals surface area contributed by atoms with Gasteiger partial charge in [0.2, 0.25) is 0 Å². The van der Waals surface area contributed by atoms with Crippen molar-refractivity contribution in [1.82, 2.24) is 0 Å². The van der Waals surface area contributed by atoms with Gasteiger partial charge in [-0.15, -0.1) is 0 Å². The van der Waals surface area contributed by atoms with Crippen LogP contribution in [-0.4, -0.2) is 37.4 Å². The van der Waals surface area contributed by atoms with Gasteiger partial charge in [-0.3, -0.25) is 0 Å². The first-order valence-corrected chi connectivity index (χ1v) is 4.22. The number of carbonyl (C=O) groups excluding carboxylic acids is 2. The molecule has 1 N–H and O–H groups in total. The third-order valence-electron chi connectivity index (χ3n) is 1.08. The topological polar surface area (TPSA) is 72.8 Å². The Labute approximate surface area is 89.0 Å². The van der Waals surface area contributed by atoms with Crippen molar-refractivity contribution in [2.45, 2.75) is 6.42 Å². The molecule has 86 valence electrons. The van der Waals surface area contributed by atoms with Crippen LogP contribution in [0, 0.1) is 0 Å². The molecule has 0 amide bonds. The van der Waals surface area contributed by atoms with E-state index in [1.165, 1.54) is 7.11 Å². The van der Waals surface area contributed by atoms with Crippen LogP contribution >= 0.6 is 0 Å². The highest BCUT2D eigenvalue weighted by molar-refractivity contribution is 5.81. The van der Waals surface area contributed by atoms with E-state index in [0.717, 1.165) is 12.2 Å². The molecule has 15 heavy (non-hydrogen) atoms. The summed E-state index contributed by atoms with van der Waals surface area (Å²) in [6, 6.07) is 0. The number of rotatable bonds is 5. The van der Waals surface area contributed by atoms with Crippen molar-refractivity contribution in [3.63, 3.8) is 0 Å². The summed E-state index contributed by atoms with van der Waals surface area (Å²) in [4.78, 5) is 20.1. The van der Waals surface area contributed by atoms with E-state index < -0.39 is 11.9 Å². The van der Waals surface area contributed by atoms with Crippen LogP contribution < -0.4 is 0 Å². The molecule has 5 heteroatoms. The molecule has 0 spiro atoms. The first-order chi connectivity index (χ1) is 7.12. The summed E-state index contributed by atoms with van der Waals surface area (Å²) in [5, 5.41) is 8.23. The number of hydrogen-bond donors (Lipinski definition) is 1. The lowest BCUT2D eigenvalue weighted by Gasteiger charge is -1.96. The Hall–Kier alpha value is -1.62. The zero-order valence-electron chi connectivity index (χ0n) is 8.77. The van der Waals surface area contributed by atoms with Gasteiger partial charge < -0.3 is 14.6 Å². The predicted molar refractivity (Wildman–Crippen MR) is 55.1 cm³/mol. The molecule has 0 radical (unpaired) electrons. The highest BCUT2D eigenvalue weighted by Gasteiger charge is 1.91. The Balaban J connectivity index is 0. The average Bonchev–Trinajstić information content (AvgIpc) is 2.28. The van der Waals surface area contributed by atoms with Crippen molar-refractivity contribution in [1.29, 1.82) is 0 Å². The van der Waals surface area contributed by atoms with E-state index in [-0.39, 0.29) is 13.2 Å². The van der Waals surface area contributed by atoms with Crippen LogP contribution in [0.5, 0.6) is 0 Å². The van der Waals surface area contributed by atoms with Gasteiger partial charge in [0, 0.05) is 25.2 Å². The Morgan fingerprint density at radius 3 is 2.07 bits per heavy atom. The molecule has 0 rings (SSSR count). The van der Waals surface area contributed by atoms with Gasteiger partial charge in [-0.1, -0.05) is 13.2 Å². The molecule has 0 aliphatic carbocycles. The van der Waals surface area contributed by atoms with Gasteiger partial charge >= 0.3 is 11.9 Å². The molecule has 0 atom stereocenters. The van der Waals surface area contributed by atoms with Crippen LogP contribution in [0.3, 0.4) is 0 Å². The molecule has 0 bridgehead atoms. The van der Waals surface area contributed by atoms with Crippen LogP contribution in [0.2, 0.25) is 0 Å². The molecule has 0 saturated heterocycles. The Bertz CT molecular complexity index is 210. The molecule has 0 heterocycles. The summed E-state index contributed by atoms with van der Waals surface area (Å²) in [6.07, 6.45) is 2.69. The standard InChI is InChI=1S/C6H10O3.C4H6O2/c1-2-6(8)9-5-3-4-7;1-3-4(5)6-2/h2,7H,1,3-5H2;3H,1H2,2H3. The van der Waals surface area contributed by atoms with Gasteiger partial charge in [0.15, 0.2) is 0 Å². The first kappa shape index (κ1) is 15.8. The molecule has 0 saturated carbocycles. The molecular weight excluding hydrogens is 200 g/mol. The summed E-state index contributed by atoms with van der Waals surface area (Å²) in [5.41, 5.74) is 0. The minimum atomic E-state index is -0.441. The second kappa shape index (κ2) is 12.4. The summed E-state index contributed by atoms with van der Waals surface area (Å²) in [6.45, 7) is 6.67. The van der Waals surface area contributed by atoms with Crippen molar-refractivity contribution in [2.24, 2.45) is 0 Å². The number of esters is 2. The Kier molecular flexibility index (Phi) is 13.1. The minimum absolute atomic E-state index is 0.0461. The normalized spacial score (nSPS) is 7.87. The predicted octanol–water partition coefficient (Wildman–Crippen LogP) is 0.443. The lowest BCUT2D eigenvalue weighted by Crippen LogP contribution is -2.02. The highest BCUT2D eigenvalue weighted by atomic mass is 16.5. The van der Waals surface area contributed by atoms with Gasteiger partial charge in [-0.2, -0.15) is 0 Å². The molecular formula is C10H16O5. The van der Waals surface area contributed by atoms with Crippen molar-refractivity contribution >= 4 is 11.9 Å². The number of ether oxygens (including phenoxy) is 2. The van der Waals surface area contributed by atoms with Gasteiger partial charge in [0.1, 0.15) is 0 Å². The third-order valence-corrected chi connectivity index (χ3v) is 1.08. The maximum absolute atomic E-state index is 10.3. The lowest BCUT2D eigenvalue weighted by atomic mass is 10.5. The van der Waals surface area contributed by atoms with Crippen LogP contribution in [0.15, 0.2) is 25.3 Å². The van der Waals surface area contributed by atoms with Gasteiger partial charge in [0.25, 0.3) is 0 Å². The molecule has 0 aromatic rings. The fourth-order valence-electron chi connectivity index (χ4n) is 0.380. The van der Waals surface area contributed by atoms with Crippen molar-refractivity contribution in [2.75, 3.05) is 20.3 Å². The van der Waals surface area contributed by atoms with E-state index in [1.807, 2.05) is 0 Å². The van der Waals surface area contributed by atoms with Crippen molar-refractivity contribution in [3.8, 4) is 0 Å². The van der Waals surface area contributed by atoms with Crippen LogP contribution in [0.4, 0.5) is 0 Å². The third kappa shape index (κ3) is 15.2. The lowest BCUT2D eigenvalue weighted by molar-refractivity contribution is -0.138. The fourth-order valence-corrected chi connectivity index (χ4v) is 0.380. The number of aliphatic hydroxyl groups excluding tert-OH is 1. The van der Waals surface area contributed by atoms with E-state index in [1.54, 1.807) is 0 Å². The Morgan fingerprint density at radius 2 is 1.80 bits per heavy atom. The molecule has 0 aromatic heterocycles. The average molecular weight is 216 g/mol. The molecule has 0 unspecified atom stereocenters. The molecule has 0 aliphatic heterocycles. The SMILES string of the molecule is C=CC(=O)OC.C=CC(=O)OCCCO. The summed E-state index contributed by atoms with van der Waals surface area (Å²) >= 11 is 0. The van der Waals surface area contributed by atoms with Crippen LogP contribution in [0.25, 0.3) is 0 Å². The minimum Gasteiger partial charge on any atom is -0.466 e. The molecule has 0 fully saturated rings. The van der Waals surface area contributed by atoms with Gasteiger partial charge in [-0.25, -0.2) is 9.59 Å². The second-order valence-electron chi connectivity index (χ2n) is 2.18. The maximum Gasteiger partial charge on any atom is 0.330 e. The maximum atomic E-state index is 10.3. The fraction of sp³-hybridized carbons (Fsp3) is 0.400. The van der Waals surface area contributed by atoms with Gasteiger partial charge in [0.05, 0.1) is 13.7 Å². The summed E-state index contributed by atoms with van der Waals surface area (Å²) in [5.74, 6) is -0.835. The van der Waals surface area contributed by atoms with E-state index in [9.17, 15) is 9.59 Å². The highest BCUT2D eigenvalue weighted by Crippen LogP contribution is 1.82. The quantitative estimate of drug-likeness (QED) is 0.410. The number of methoxy groups -OCH3 is 1. The van der Waals surface area contributed by atoms with Crippen LogP contribution in [-0.2, 0) is 19.1 Å². The molecule has 5 nitrogen and oxygen atoms in total. The van der Waals surface area contributed by atoms with E-state index in [4.69, 9.17) is 5.11 Å². The van der Waals surface area contributed by atoms with Gasteiger partial charge in [-0.05, 0) is 0 Å². The molecule has 0 aliphatic rings. The number of hydrogen-bond acceptors (Lipinski definition) is 5. The summed E-state index contributed by atoms with van der Waals surface area (Å²) in [7, 11) is 1.31. The van der Waals surface area contributed by atoms with E-state index in [0.29, 0.717) is 6.42 Å². The Morgan fingerprint density at radius 1 is 1.27 bits per heavy atom. The number of aliphatic hydroxyl groups is 1. The second-order valence-corrected chi connectivity index (χ2v) is 2.18. The molecule has 0 aromatic carbocycles. The van der Waals surface area contributed by atoms with E-state index >= 15 is 0 Å².